The number of rotatable bonds is 5. The van der Waals surface area contributed by atoms with Crippen LogP contribution in [0.5, 0.6) is 0 Å². The van der Waals surface area contributed by atoms with Crippen LogP contribution in [0.2, 0.25) is 0 Å². The average molecular weight is 288 g/mol. The first-order valence-electron chi connectivity index (χ1n) is 6.94. The van der Waals surface area contributed by atoms with Crippen molar-refractivity contribution < 1.29 is 9.11 Å². The zero-order valence-electron chi connectivity index (χ0n) is 12.3. The summed E-state index contributed by atoms with van der Waals surface area (Å²) in [4.78, 5) is 3.21. The molecule has 0 saturated carbocycles. The van der Waals surface area contributed by atoms with Crippen molar-refractivity contribution in [3.8, 4) is 0 Å². The Kier molecular flexibility index (Phi) is 5.10. The molecule has 2 rings (SSSR count). The van der Waals surface area contributed by atoms with E-state index in [9.17, 15) is 4.21 Å². The molecule has 0 saturated heterocycles. The van der Waals surface area contributed by atoms with Crippen molar-refractivity contribution in [3.05, 3.63) is 60.2 Å². The Balaban J connectivity index is 2.31. The van der Waals surface area contributed by atoms with Gasteiger partial charge in [-0.1, -0.05) is 36.4 Å². The highest BCUT2D eigenvalue weighted by molar-refractivity contribution is 7.85. The fourth-order valence-corrected chi connectivity index (χ4v) is 3.31. The first-order valence-corrected chi connectivity index (χ1v) is 8.09. The minimum absolute atomic E-state index is 0.504. The normalized spacial score (nSPS) is 14.2. The average Bonchev–Trinajstić information content (AvgIpc) is 2.48. The van der Waals surface area contributed by atoms with Gasteiger partial charge in [0.05, 0.1) is 30.9 Å². The van der Waals surface area contributed by atoms with E-state index in [-0.39, 0.29) is 0 Å². The van der Waals surface area contributed by atoms with E-state index in [0.717, 1.165) is 16.2 Å². The van der Waals surface area contributed by atoms with Gasteiger partial charge < -0.3 is 4.90 Å². The van der Waals surface area contributed by atoms with Gasteiger partial charge in [0.1, 0.15) is 0 Å². The maximum atomic E-state index is 12.7. The Morgan fingerprint density at radius 1 is 1.00 bits per heavy atom. The molecule has 0 bridgehead atoms. The molecule has 0 aromatic heterocycles. The highest BCUT2D eigenvalue weighted by atomic mass is 32.2. The molecule has 0 radical (unpaired) electrons. The minimum Gasteiger partial charge on any atom is -0.337 e. The van der Waals surface area contributed by atoms with Crippen LogP contribution >= 0.6 is 0 Å². The van der Waals surface area contributed by atoms with Crippen LogP contribution in [-0.2, 0) is 17.2 Å². The second-order valence-corrected chi connectivity index (χ2v) is 6.82. The molecular weight excluding hydrogens is 266 g/mol. The smallest absolute Gasteiger partial charge is 0.0883 e. The molecule has 0 aliphatic heterocycles. The molecule has 1 N–H and O–H groups in total. The van der Waals surface area contributed by atoms with Crippen molar-refractivity contribution in [3.63, 3.8) is 0 Å². The maximum absolute atomic E-state index is 12.7. The third kappa shape index (κ3) is 3.56. The summed E-state index contributed by atoms with van der Waals surface area (Å²) in [5.41, 5.74) is 1.18. The second-order valence-electron chi connectivity index (χ2n) is 5.37. The van der Waals surface area contributed by atoms with E-state index in [0.29, 0.717) is 6.04 Å². The summed E-state index contributed by atoms with van der Waals surface area (Å²) >= 11 is 0. The first kappa shape index (κ1) is 14.9. The van der Waals surface area contributed by atoms with Gasteiger partial charge in [0.15, 0.2) is 0 Å². The van der Waals surface area contributed by atoms with Crippen LogP contribution in [0.25, 0.3) is 0 Å². The van der Waals surface area contributed by atoms with Crippen molar-refractivity contribution in [2.24, 2.45) is 0 Å². The molecule has 0 unspecified atom stereocenters. The molecule has 106 valence electrons. The van der Waals surface area contributed by atoms with Gasteiger partial charge in [0.2, 0.25) is 0 Å². The molecule has 2 aromatic carbocycles. The zero-order valence-corrected chi connectivity index (χ0v) is 13.1. The Hall–Kier alpha value is -1.45. The minimum atomic E-state index is -1.10. The van der Waals surface area contributed by atoms with Crippen LogP contribution in [0.4, 0.5) is 0 Å². The van der Waals surface area contributed by atoms with Gasteiger partial charge in [-0.3, -0.25) is 0 Å². The largest absolute Gasteiger partial charge is 0.337 e. The number of nitrogens with one attached hydrogen (secondary N) is 1. The number of quaternary nitrogens is 1. The number of likely N-dealkylation sites (N-methyl/N-ethyl adjacent to an activating group) is 1. The van der Waals surface area contributed by atoms with E-state index < -0.39 is 10.8 Å². The van der Waals surface area contributed by atoms with Crippen molar-refractivity contribution >= 4 is 10.8 Å². The molecular formula is C17H22NOS+. The summed E-state index contributed by atoms with van der Waals surface area (Å²) in [6.07, 6.45) is 0.942. The summed E-state index contributed by atoms with van der Waals surface area (Å²) in [7, 11) is 3.21. The van der Waals surface area contributed by atoms with Crippen LogP contribution in [0, 0.1) is 0 Å². The molecule has 0 heterocycles. The van der Waals surface area contributed by atoms with Crippen molar-refractivity contribution in [2.45, 2.75) is 29.2 Å². The molecule has 0 aliphatic rings. The number of hydrogen-bond donors (Lipinski definition) is 1. The third-order valence-electron chi connectivity index (χ3n) is 3.64. The van der Waals surface area contributed by atoms with Crippen molar-refractivity contribution in [2.75, 3.05) is 14.1 Å². The van der Waals surface area contributed by atoms with Gasteiger partial charge in [0.25, 0.3) is 0 Å². The molecule has 2 nitrogen and oxygen atoms in total. The Morgan fingerprint density at radius 3 is 2.25 bits per heavy atom. The van der Waals surface area contributed by atoms with E-state index in [1.54, 1.807) is 0 Å². The van der Waals surface area contributed by atoms with Gasteiger partial charge in [-0.15, -0.1) is 0 Å². The summed E-state index contributed by atoms with van der Waals surface area (Å²) in [5, 5.41) is 0. The maximum Gasteiger partial charge on any atom is 0.0883 e. The Morgan fingerprint density at radius 2 is 1.60 bits per heavy atom. The predicted octanol–water partition coefficient (Wildman–Crippen LogP) is 1.93. The second kappa shape index (κ2) is 6.82. The summed E-state index contributed by atoms with van der Waals surface area (Å²) in [6, 6.07) is 18.2. The van der Waals surface area contributed by atoms with E-state index in [1.807, 2.05) is 48.5 Å². The highest BCUT2D eigenvalue weighted by Crippen LogP contribution is 2.20. The summed E-state index contributed by atoms with van der Waals surface area (Å²) in [6.45, 7) is 2.22. The van der Waals surface area contributed by atoms with Crippen LogP contribution in [-0.4, -0.2) is 24.3 Å². The van der Waals surface area contributed by atoms with Crippen LogP contribution in [0.15, 0.2) is 64.4 Å². The highest BCUT2D eigenvalue weighted by Gasteiger charge is 2.16. The standard InChI is InChI=1S/C17H21NOS/c1-14(18(2)3)13-15-9-7-8-12-17(15)20(19)16-10-5-4-6-11-16/h4-12,14H,13H2,1-3H3/p+1/t14-,20-/m1/s1. The van der Waals surface area contributed by atoms with Gasteiger partial charge >= 0.3 is 0 Å². The number of hydrogen-bond acceptors (Lipinski definition) is 1. The van der Waals surface area contributed by atoms with E-state index in [1.165, 1.54) is 10.5 Å². The van der Waals surface area contributed by atoms with E-state index >= 15 is 0 Å². The van der Waals surface area contributed by atoms with Gasteiger partial charge in [-0.25, -0.2) is 4.21 Å². The third-order valence-corrected chi connectivity index (χ3v) is 5.14. The Labute approximate surface area is 123 Å². The van der Waals surface area contributed by atoms with Crippen LogP contribution in [0.1, 0.15) is 12.5 Å². The molecule has 0 amide bonds. The first-order chi connectivity index (χ1) is 9.59. The monoisotopic (exact) mass is 288 g/mol. The SMILES string of the molecule is C[C@H](Cc1ccccc1[S@](=O)c1ccccc1)[NH+](C)C. The lowest BCUT2D eigenvalue weighted by Crippen LogP contribution is -3.09. The number of benzene rings is 2. The zero-order chi connectivity index (χ0) is 14.5. The molecule has 20 heavy (non-hydrogen) atoms. The lowest BCUT2D eigenvalue weighted by atomic mass is 10.1. The van der Waals surface area contributed by atoms with Gasteiger partial charge in [-0.2, -0.15) is 0 Å². The molecule has 0 aliphatic carbocycles. The Bertz CT molecular complexity index is 581. The van der Waals surface area contributed by atoms with Gasteiger partial charge in [0, 0.05) is 16.2 Å². The molecule has 2 aromatic rings. The van der Waals surface area contributed by atoms with E-state index in [2.05, 4.69) is 27.1 Å². The summed E-state index contributed by atoms with van der Waals surface area (Å²) < 4.78 is 12.7. The lowest BCUT2D eigenvalue weighted by molar-refractivity contribution is -0.883. The van der Waals surface area contributed by atoms with Crippen LogP contribution in [0.3, 0.4) is 0 Å². The quantitative estimate of drug-likeness (QED) is 0.892. The fraction of sp³-hybridized carbons (Fsp3) is 0.294. The van der Waals surface area contributed by atoms with E-state index in [4.69, 9.17) is 0 Å². The fourth-order valence-electron chi connectivity index (χ4n) is 2.06. The molecule has 0 spiro atoms. The predicted molar refractivity (Wildman–Crippen MR) is 83.5 cm³/mol. The molecule has 2 atom stereocenters. The van der Waals surface area contributed by atoms with Crippen molar-refractivity contribution in [1.82, 2.24) is 0 Å². The summed E-state index contributed by atoms with van der Waals surface area (Å²) in [5.74, 6) is 0. The topological polar surface area (TPSA) is 21.5 Å². The molecule has 3 heteroatoms. The lowest BCUT2D eigenvalue weighted by Gasteiger charge is -2.18. The molecule has 0 fully saturated rings. The van der Waals surface area contributed by atoms with Crippen LogP contribution < -0.4 is 4.90 Å². The van der Waals surface area contributed by atoms with Crippen molar-refractivity contribution in [1.29, 1.82) is 0 Å². The van der Waals surface area contributed by atoms with Gasteiger partial charge in [-0.05, 0) is 30.7 Å².